The molecule has 4 heteroatoms. The van der Waals surface area contributed by atoms with Crippen molar-refractivity contribution in [2.75, 3.05) is 25.0 Å². The zero-order valence-corrected chi connectivity index (χ0v) is 10.5. The molecule has 86 valence electrons. The van der Waals surface area contributed by atoms with E-state index in [4.69, 9.17) is 5.73 Å². The molecule has 0 amide bonds. The lowest BCUT2D eigenvalue weighted by molar-refractivity contribution is 0.601. The summed E-state index contributed by atoms with van der Waals surface area (Å²) in [6, 6.07) is 8.56. The Morgan fingerprint density at radius 3 is 2.67 bits per heavy atom. The van der Waals surface area contributed by atoms with Gasteiger partial charge in [0.1, 0.15) is 0 Å². The van der Waals surface area contributed by atoms with Crippen molar-refractivity contribution in [2.24, 2.45) is 5.73 Å². The molecule has 1 unspecified atom stereocenters. The largest absolute Gasteiger partial charge is 0.374 e. The molecule has 0 saturated heterocycles. The predicted molar refractivity (Wildman–Crippen MR) is 70.6 cm³/mol. The minimum atomic E-state index is 0. The number of nitrogens with two attached hydrogens (primary N) is 1. The summed E-state index contributed by atoms with van der Waals surface area (Å²) in [5.41, 5.74) is 8.51. The number of fused-ring (bicyclic) bond motifs is 1. The van der Waals surface area contributed by atoms with Crippen molar-refractivity contribution in [3.05, 3.63) is 29.8 Å². The first-order chi connectivity index (χ1) is 6.33. The Morgan fingerprint density at radius 1 is 1.33 bits per heavy atom. The normalized spacial score (nSPS) is 18.5. The molecule has 0 bridgehead atoms. The van der Waals surface area contributed by atoms with Crippen LogP contribution in [0.4, 0.5) is 5.69 Å². The van der Waals surface area contributed by atoms with E-state index < -0.39 is 0 Å². The second kappa shape index (κ2) is 6.21. The highest BCUT2D eigenvalue weighted by molar-refractivity contribution is 5.85. The van der Waals surface area contributed by atoms with Crippen LogP contribution in [0.1, 0.15) is 17.9 Å². The minimum absolute atomic E-state index is 0. The number of hydrogen-bond acceptors (Lipinski definition) is 2. The Balaban J connectivity index is 0.000000980. The molecular weight excluding hydrogens is 231 g/mol. The first-order valence-corrected chi connectivity index (χ1v) is 4.83. The molecule has 1 aromatic rings. The van der Waals surface area contributed by atoms with E-state index in [9.17, 15) is 0 Å². The van der Waals surface area contributed by atoms with E-state index >= 15 is 0 Å². The lowest BCUT2D eigenvalue weighted by Crippen LogP contribution is -2.29. The monoisotopic (exact) mass is 248 g/mol. The molecule has 1 atom stereocenters. The maximum absolute atomic E-state index is 5.75. The molecule has 0 spiro atoms. The van der Waals surface area contributed by atoms with Crippen LogP contribution >= 0.6 is 24.8 Å². The van der Waals surface area contributed by atoms with Crippen LogP contribution in [0.5, 0.6) is 0 Å². The second-order valence-corrected chi connectivity index (χ2v) is 3.70. The zero-order valence-electron chi connectivity index (χ0n) is 8.85. The molecule has 0 radical (unpaired) electrons. The molecule has 1 heterocycles. The molecule has 1 aromatic carbocycles. The molecular formula is C11H18Cl2N2. The van der Waals surface area contributed by atoms with Crippen LogP contribution in [-0.4, -0.2) is 20.1 Å². The highest BCUT2D eigenvalue weighted by Gasteiger charge is 2.20. The van der Waals surface area contributed by atoms with Gasteiger partial charge in [-0.1, -0.05) is 18.2 Å². The van der Waals surface area contributed by atoms with Crippen LogP contribution in [0.25, 0.3) is 0 Å². The summed E-state index contributed by atoms with van der Waals surface area (Å²) < 4.78 is 0. The topological polar surface area (TPSA) is 29.3 Å². The maximum Gasteiger partial charge on any atom is 0.0399 e. The number of anilines is 1. The summed E-state index contributed by atoms with van der Waals surface area (Å²) in [6.07, 6.45) is 1.18. The van der Waals surface area contributed by atoms with E-state index in [0.29, 0.717) is 5.92 Å². The van der Waals surface area contributed by atoms with Gasteiger partial charge in [0.05, 0.1) is 0 Å². The summed E-state index contributed by atoms with van der Waals surface area (Å²) in [4.78, 5) is 2.31. The lowest BCUT2D eigenvalue weighted by Gasteiger charge is -2.32. The van der Waals surface area contributed by atoms with Gasteiger partial charge < -0.3 is 10.6 Å². The number of hydrogen-bond donors (Lipinski definition) is 1. The summed E-state index contributed by atoms with van der Waals surface area (Å²) in [6.45, 7) is 1.89. The summed E-state index contributed by atoms with van der Waals surface area (Å²) >= 11 is 0. The van der Waals surface area contributed by atoms with Gasteiger partial charge in [0.2, 0.25) is 0 Å². The van der Waals surface area contributed by atoms with Crippen LogP contribution in [0.3, 0.4) is 0 Å². The average Bonchev–Trinajstić information content (AvgIpc) is 2.19. The van der Waals surface area contributed by atoms with E-state index in [1.54, 1.807) is 0 Å². The SMILES string of the molecule is CN1CCC(CN)c2ccccc21.Cl.Cl. The molecule has 0 aliphatic carbocycles. The van der Waals surface area contributed by atoms with Crippen molar-refractivity contribution in [3.63, 3.8) is 0 Å². The number of rotatable bonds is 1. The van der Waals surface area contributed by atoms with E-state index in [1.807, 2.05) is 0 Å². The number of para-hydroxylation sites is 1. The van der Waals surface area contributed by atoms with E-state index in [-0.39, 0.29) is 24.8 Å². The van der Waals surface area contributed by atoms with Gasteiger partial charge in [-0.2, -0.15) is 0 Å². The molecule has 15 heavy (non-hydrogen) atoms. The van der Waals surface area contributed by atoms with Gasteiger partial charge in [0.15, 0.2) is 0 Å². The molecule has 1 aliphatic heterocycles. The molecule has 2 rings (SSSR count). The van der Waals surface area contributed by atoms with Crippen molar-refractivity contribution in [2.45, 2.75) is 12.3 Å². The molecule has 0 saturated carbocycles. The average molecular weight is 249 g/mol. The smallest absolute Gasteiger partial charge is 0.0399 e. The highest BCUT2D eigenvalue weighted by Crippen LogP contribution is 2.33. The molecule has 1 aliphatic rings. The summed E-state index contributed by atoms with van der Waals surface area (Å²) in [5, 5.41) is 0. The van der Waals surface area contributed by atoms with Crippen molar-refractivity contribution in [1.29, 1.82) is 0 Å². The van der Waals surface area contributed by atoms with Crippen LogP contribution in [0, 0.1) is 0 Å². The van der Waals surface area contributed by atoms with E-state index in [0.717, 1.165) is 13.1 Å². The summed E-state index contributed by atoms with van der Waals surface area (Å²) in [5.74, 6) is 0.562. The van der Waals surface area contributed by atoms with Crippen LogP contribution in [-0.2, 0) is 0 Å². The Labute approximate surface area is 104 Å². The molecule has 0 fully saturated rings. The Hall–Kier alpha value is -0.440. The quantitative estimate of drug-likeness (QED) is 0.828. The third kappa shape index (κ3) is 2.77. The standard InChI is InChI=1S/C11H16N2.2ClH/c1-13-7-6-9(8-12)10-4-2-3-5-11(10)13;;/h2-5,9H,6-8,12H2,1H3;2*1H. The fourth-order valence-corrected chi connectivity index (χ4v) is 2.05. The van der Waals surface area contributed by atoms with Gasteiger partial charge in [-0.25, -0.2) is 0 Å². The third-order valence-electron chi connectivity index (χ3n) is 2.89. The van der Waals surface area contributed by atoms with Crippen molar-refractivity contribution < 1.29 is 0 Å². The third-order valence-corrected chi connectivity index (χ3v) is 2.89. The number of halogens is 2. The van der Waals surface area contributed by atoms with Gasteiger partial charge in [-0.15, -0.1) is 24.8 Å². The van der Waals surface area contributed by atoms with Crippen molar-refractivity contribution in [3.8, 4) is 0 Å². The second-order valence-electron chi connectivity index (χ2n) is 3.70. The van der Waals surface area contributed by atoms with Crippen LogP contribution in [0.15, 0.2) is 24.3 Å². The molecule has 2 nitrogen and oxygen atoms in total. The fraction of sp³-hybridized carbons (Fsp3) is 0.455. The van der Waals surface area contributed by atoms with Gasteiger partial charge in [0, 0.05) is 19.3 Å². The van der Waals surface area contributed by atoms with Gasteiger partial charge >= 0.3 is 0 Å². The van der Waals surface area contributed by atoms with Crippen LogP contribution in [0.2, 0.25) is 0 Å². The van der Waals surface area contributed by atoms with E-state index in [1.165, 1.54) is 17.7 Å². The summed E-state index contributed by atoms with van der Waals surface area (Å²) in [7, 11) is 2.14. The molecule has 0 aromatic heterocycles. The highest BCUT2D eigenvalue weighted by atomic mass is 35.5. The van der Waals surface area contributed by atoms with Crippen LogP contribution < -0.4 is 10.6 Å². The molecule has 2 N–H and O–H groups in total. The van der Waals surface area contributed by atoms with Gasteiger partial charge in [0.25, 0.3) is 0 Å². The fourth-order valence-electron chi connectivity index (χ4n) is 2.05. The van der Waals surface area contributed by atoms with E-state index in [2.05, 4.69) is 36.2 Å². The minimum Gasteiger partial charge on any atom is -0.374 e. The number of benzene rings is 1. The predicted octanol–water partition coefficient (Wildman–Crippen LogP) is 2.41. The number of nitrogens with zero attached hydrogens (tertiary/aromatic N) is 1. The van der Waals surface area contributed by atoms with Gasteiger partial charge in [-0.3, -0.25) is 0 Å². The Morgan fingerprint density at radius 2 is 2.00 bits per heavy atom. The van der Waals surface area contributed by atoms with Gasteiger partial charge in [-0.05, 0) is 30.5 Å². The van der Waals surface area contributed by atoms with Crippen molar-refractivity contribution >= 4 is 30.5 Å². The zero-order chi connectivity index (χ0) is 9.26. The Kier molecular flexibility index (Phi) is 6.03. The first-order valence-electron chi connectivity index (χ1n) is 4.83. The maximum atomic E-state index is 5.75. The Bertz CT molecular complexity index is 304. The van der Waals surface area contributed by atoms with Crippen molar-refractivity contribution in [1.82, 2.24) is 0 Å². The first kappa shape index (κ1) is 14.6. The lowest BCUT2D eigenvalue weighted by atomic mass is 9.90.